The Morgan fingerprint density at radius 3 is 2.06 bits per heavy atom. The molecule has 1 aliphatic rings. The highest BCUT2D eigenvalue weighted by Gasteiger charge is 2.33. The topological polar surface area (TPSA) is 74.2 Å². The first kappa shape index (κ1) is 20.6. The number of phenols is 1. The van der Waals surface area contributed by atoms with Crippen molar-refractivity contribution in [2.45, 2.75) is 12.3 Å². The number of fused-ring (bicyclic) bond motifs is 2. The van der Waals surface area contributed by atoms with Crippen molar-refractivity contribution in [3.05, 3.63) is 76.3 Å². The molecule has 0 aromatic heterocycles. The van der Waals surface area contributed by atoms with Crippen molar-refractivity contribution < 1.29 is 28.8 Å². The summed E-state index contributed by atoms with van der Waals surface area (Å²) in [4.78, 5) is 13.6. The average molecular weight is 420 g/mol. The van der Waals surface area contributed by atoms with E-state index in [1.165, 1.54) is 13.2 Å². The van der Waals surface area contributed by atoms with Crippen LogP contribution >= 0.6 is 0 Å². The van der Waals surface area contributed by atoms with Crippen molar-refractivity contribution in [1.82, 2.24) is 0 Å². The second kappa shape index (κ2) is 8.22. The number of aromatic hydroxyl groups is 1. The van der Waals surface area contributed by atoms with Gasteiger partial charge in [-0.15, -0.1) is 0 Å². The number of phenolic OH excluding ortho intramolecular Hbond substituents is 1. The van der Waals surface area contributed by atoms with Gasteiger partial charge in [0.25, 0.3) is 0 Å². The van der Waals surface area contributed by atoms with E-state index in [1.807, 2.05) is 30.3 Å². The van der Waals surface area contributed by atoms with Crippen molar-refractivity contribution in [2.24, 2.45) is 0 Å². The molecule has 160 valence electrons. The van der Waals surface area contributed by atoms with Crippen LogP contribution in [0.1, 0.15) is 38.5 Å². The SMILES string of the molecule is COc1ccc(C2Cc3c(OC)cc(OC)cc3C(=O)c3c(O)cc(OC)cc32)cc1. The minimum absolute atomic E-state index is 0.118. The van der Waals surface area contributed by atoms with Gasteiger partial charge < -0.3 is 24.1 Å². The van der Waals surface area contributed by atoms with Crippen molar-refractivity contribution >= 4 is 5.78 Å². The van der Waals surface area contributed by atoms with E-state index in [0.717, 1.165) is 16.9 Å². The van der Waals surface area contributed by atoms with E-state index in [4.69, 9.17) is 18.9 Å². The Hall–Kier alpha value is -3.67. The van der Waals surface area contributed by atoms with E-state index in [-0.39, 0.29) is 23.0 Å². The number of carbonyl (C=O) groups is 1. The predicted octanol–water partition coefficient (Wildman–Crippen LogP) is 4.35. The third-order valence-corrected chi connectivity index (χ3v) is 5.77. The number of carbonyl (C=O) groups excluding carboxylic acids is 1. The maximum atomic E-state index is 13.6. The zero-order valence-corrected chi connectivity index (χ0v) is 17.9. The lowest BCUT2D eigenvalue weighted by Gasteiger charge is -2.21. The Morgan fingerprint density at radius 2 is 1.45 bits per heavy atom. The molecule has 0 amide bonds. The molecular weight excluding hydrogens is 396 g/mol. The van der Waals surface area contributed by atoms with E-state index in [2.05, 4.69) is 0 Å². The fourth-order valence-corrected chi connectivity index (χ4v) is 4.18. The summed E-state index contributed by atoms with van der Waals surface area (Å²) in [5.74, 6) is 1.70. The van der Waals surface area contributed by atoms with Crippen LogP contribution in [0.3, 0.4) is 0 Å². The highest BCUT2D eigenvalue weighted by Crippen LogP contribution is 2.45. The van der Waals surface area contributed by atoms with Crippen LogP contribution in [-0.4, -0.2) is 39.3 Å². The zero-order valence-electron chi connectivity index (χ0n) is 17.9. The predicted molar refractivity (Wildman–Crippen MR) is 116 cm³/mol. The monoisotopic (exact) mass is 420 g/mol. The first-order valence-electron chi connectivity index (χ1n) is 9.85. The first-order chi connectivity index (χ1) is 15.0. The molecule has 0 fully saturated rings. The van der Waals surface area contributed by atoms with Gasteiger partial charge in [-0.25, -0.2) is 0 Å². The molecule has 0 heterocycles. The molecule has 1 aliphatic carbocycles. The zero-order chi connectivity index (χ0) is 22.1. The van der Waals surface area contributed by atoms with Crippen LogP contribution in [0.2, 0.25) is 0 Å². The number of hydrogen-bond acceptors (Lipinski definition) is 6. The van der Waals surface area contributed by atoms with Gasteiger partial charge in [0.15, 0.2) is 5.78 Å². The summed E-state index contributed by atoms with van der Waals surface area (Å²) in [5, 5.41) is 10.8. The van der Waals surface area contributed by atoms with Crippen molar-refractivity contribution in [3.8, 4) is 28.7 Å². The van der Waals surface area contributed by atoms with Gasteiger partial charge in [0.05, 0.1) is 34.0 Å². The van der Waals surface area contributed by atoms with Gasteiger partial charge >= 0.3 is 0 Å². The summed E-state index contributed by atoms with van der Waals surface area (Å²) >= 11 is 0. The molecule has 0 saturated heterocycles. The molecule has 3 aromatic carbocycles. The Labute approximate surface area is 181 Å². The molecule has 1 atom stereocenters. The Morgan fingerprint density at radius 1 is 0.806 bits per heavy atom. The molecule has 0 saturated carbocycles. The minimum Gasteiger partial charge on any atom is -0.507 e. The van der Waals surface area contributed by atoms with Gasteiger partial charge in [-0.3, -0.25) is 4.79 Å². The number of ketones is 1. The smallest absolute Gasteiger partial charge is 0.197 e. The van der Waals surface area contributed by atoms with E-state index in [1.54, 1.807) is 33.5 Å². The fraction of sp³-hybridized carbons (Fsp3) is 0.240. The van der Waals surface area contributed by atoms with Crippen LogP contribution in [0.15, 0.2) is 48.5 Å². The average Bonchev–Trinajstić information content (AvgIpc) is 2.93. The lowest BCUT2D eigenvalue weighted by molar-refractivity contribution is 0.103. The number of ether oxygens (including phenoxy) is 4. The molecule has 1 unspecified atom stereocenters. The van der Waals surface area contributed by atoms with E-state index < -0.39 is 0 Å². The number of rotatable bonds is 5. The lowest BCUT2D eigenvalue weighted by atomic mass is 9.85. The summed E-state index contributed by atoms with van der Waals surface area (Å²) in [6.45, 7) is 0. The number of hydrogen-bond donors (Lipinski definition) is 1. The van der Waals surface area contributed by atoms with Gasteiger partial charge in [0.2, 0.25) is 0 Å². The van der Waals surface area contributed by atoms with Gasteiger partial charge in [-0.05, 0) is 41.8 Å². The van der Waals surface area contributed by atoms with Crippen molar-refractivity contribution in [1.29, 1.82) is 0 Å². The van der Waals surface area contributed by atoms with Gasteiger partial charge in [0.1, 0.15) is 28.7 Å². The quantitative estimate of drug-likeness (QED) is 0.662. The van der Waals surface area contributed by atoms with Crippen molar-refractivity contribution in [2.75, 3.05) is 28.4 Å². The van der Waals surface area contributed by atoms with Gasteiger partial charge in [0, 0.05) is 29.2 Å². The van der Waals surface area contributed by atoms with Crippen LogP contribution in [0, 0.1) is 0 Å². The normalized spacial score (nSPS) is 14.8. The second-order valence-corrected chi connectivity index (χ2v) is 7.33. The summed E-state index contributed by atoms with van der Waals surface area (Å²) in [6.07, 6.45) is 0.500. The van der Waals surface area contributed by atoms with Crippen LogP contribution in [0.4, 0.5) is 0 Å². The highest BCUT2D eigenvalue weighted by molar-refractivity contribution is 6.14. The Balaban J connectivity index is 2.01. The van der Waals surface area contributed by atoms with Crippen LogP contribution < -0.4 is 18.9 Å². The molecule has 1 N–H and O–H groups in total. The van der Waals surface area contributed by atoms with E-state index in [9.17, 15) is 9.90 Å². The van der Waals surface area contributed by atoms with Crippen LogP contribution in [-0.2, 0) is 6.42 Å². The molecule has 0 spiro atoms. The minimum atomic E-state index is -0.279. The summed E-state index contributed by atoms with van der Waals surface area (Å²) < 4.78 is 21.7. The summed E-state index contributed by atoms with van der Waals surface area (Å²) in [5.41, 5.74) is 3.16. The molecule has 3 aromatic rings. The highest BCUT2D eigenvalue weighted by atomic mass is 16.5. The lowest BCUT2D eigenvalue weighted by Crippen LogP contribution is -2.08. The molecule has 0 aliphatic heterocycles. The first-order valence-corrected chi connectivity index (χ1v) is 9.85. The van der Waals surface area contributed by atoms with Crippen LogP contribution in [0.5, 0.6) is 28.7 Å². The summed E-state index contributed by atoms with van der Waals surface area (Å²) in [6, 6.07) is 14.5. The molecule has 6 nitrogen and oxygen atoms in total. The largest absolute Gasteiger partial charge is 0.507 e. The number of benzene rings is 3. The van der Waals surface area contributed by atoms with Crippen LogP contribution in [0.25, 0.3) is 0 Å². The standard InChI is InChI=1S/C25H24O6/c1-28-15-7-5-14(6-8-15)18-13-19-21(10-17(30-3)12-23(19)31-4)25(27)24-20(18)9-16(29-2)11-22(24)26/h5-12,18,26H,13H2,1-4H3. The molecule has 0 bridgehead atoms. The molecular formula is C25H24O6. The van der Waals surface area contributed by atoms with E-state index in [0.29, 0.717) is 34.8 Å². The van der Waals surface area contributed by atoms with Gasteiger partial charge in [-0.2, -0.15) is 0 Å². The second-order valence-electron chi connectivity index (χ2n) is 7.33. The summed E-state index contributed by atoms with van der Waals surface area (Å²) in [7, 11) is 6.26. The Bertz CT molecular complexity index is 1130. The number of methoxy groups -OCH3 is 4. The molecule has 4 rings (SSSR count). The van der Waals surface area contributed by atoms with Gasteiger partial charge in [-0.1, -0.05) is 12.1 Å². The maximum absolute atomic E-state index is 13.6. The third-order valence-electron chi connectivity index (χ3n) is 5.77. The Kier molecular flexibility index (Phi) is 5.46. The third kappa shape index (κ3) is 3.54. The molecule has 31 heavy (non-hydrogen) atoms. The van der Waals surface area contributed by atoms with Crippen molar-refractivity contribution in [3.63, 3.8) is 0 Å². The molecule has 6 heteroatoms. The molecule has 0 radical (unpaired) electrons. The maximum Gasteiger partial charge on any atom is 0.197 e. The fourth-order valence-electron chi connectivity index (χ4n) is 4.18. The van der Waals surface area contributed by atoms with E-state index >= 15 is 0 Å².